The van der Waals surface area contributed by atoms with Crippen LogP contribution in [0.25, 0.3) is 17.0 Å². The van der Waals surface area contributed by atoms with E-state index in [0.29, 0.717) is 47.3 Å². The van der Waals surface area contributed by atoms with E-state index in [4.69, 9.17) is 28.1 Å². The van der Waals surface area contributed by atoms with Crippen molar-refractivity contribution in [3.8, 4) is 28.7 Å². The van der Waals surface area contributed by atoms with Crippen LogP contribution in [0.15, 0.2) is 69.9 Å². The molecule has 9 nitrogen and oxygen atoms in total. The Morgan fingerprint density at radius 1 is 0.905 bits per heavy atom. The first-order chi connectivity index (χ1) is 20.3. The number of hydrogen-bond donors (Lipinski definition) is 0. The molecule has 1 amide bonds. The maximum absolute atomic E-state index is 13.6. The van der Waals surface area contributed by atoms with Crippen LogP contribution in [0.1, 0.15) is 28.3 Å². The third-order valence-corrected chi connectivity index (χ3v) is 7.44. The van der Waals surface area contributed by atoms with Gasteiger partial charge in [0, 0.05) is 30.1 Å². The fourth-order valence-corrected chi connectivity index (χ4v) is 5.26. The van der Waals surface area contributed by atoms with Crippen LogP contribution < -0.4 is 29.3 Å². The molecule has 1 aliphatic heterocycles. The third kappa shape index (κ3) is 5.76. The molecule has 3 aromatic carbocycles. The second-order valence-corrected chi connectivity index (χ2v) is 9.87. The number of ether oxygens (including phenoxy) is 5. The van der Waals surface area contributed by atoms with Gasteiger partial charge in [0.05, 0.1) is 34.5 Å². The molecule has 0 fully saturated rings. The van der Waals surface area contributed by atoms with E-state index in [1.165, 1.54) is 6.07 Å². The van der Waals surface area contributed by atoms with Crippen LogP contribution in [-0.2, 0) is 11.2 Å². The Kier molecular flexibility index (Phi) is 8.38. The first kappa shape index (κ1) is 28.6. The zero-order valence-corrected chi connectivity index (χ0v) is 24.3. The number of benzene rings is 3. The fraction of sp³-hybridized carbons (Fsp3) is 0.273. The Morgan fingerprint density at radius 3 is 2.36 bits per heavy atom. The van der Waals surface area contributed by atoms with Gasteiger partial charge in [0.1, 0.15) is 17.9 Å². The SMILES string of the molecule is COc1ccc(/C=C/C(=O)N2CCc3cc(OC)c(OC)cc3[C@H]2COc2ccc3c(C)cc(=O)oc3c2)cc1OC. The minimum Gasteiger partial charge on any atom is -0.493 e. The van der Waals surface area contributed by atoms with Crippen molar-refractivity contribution in [3.63, 3.8) is 0 Å². The van der Waals surface area contributed by atoms with E-state index in [1.54, 1.807) is 57.6 Å². The van der Waals surface area contributed by atoms with Crippen molar-refractivity contribution >= 4 is 23.0 Å². The lowest BCUT2D eigenvalue weighted by atomic mass is 9.92. The van der Waals surface area contributed by atoms with Crippen molar-refractivity contribution in [2.45, 2.75) is 19.4 Å². The second kappa shape index (κ2) is 12.3. The van der Waals surface area contributed by atoms with Crippen LogP contribution >= 0.6 is 0 Å². The van der Waals surface area contributed by atoms with E-state index >= 15 is 0 Å². The van der Waals surface area contributed by atoms with Crippen molar-refractivity contribution < 1.29 is 32.9 Å². The summed E-state index contributed by atoms with van der Waals surface area (Å²) in [5.74, 6) is 2.74. The summed E-state index contributed by atoms with van der Waals surface area (Å²) in [5.41, 5.74) is 3.61. The van der Waals surface area contributed by atoms with Gasteiger partial charge in [-0.15, -0.1) is 0 Å². The summed E-state index contributed by atoms with van der Waals surface area (Å²) in [7, 11) is 6.33. The average molecular weight is 572 g/mol. The fourth-order valence-electron chi connectivity index (χ4n) is 5.26. The molecule has 0 aliphatic carbocycles. The number of aryl methyl sites for hydroxylation is 1. The van der Waals surface area contributed by atoms with Crippen molar-refractivity contribution in [1.29, 1.82) is 0 Å². The molecule has 0 saturated heterocycles. The molecule has 4 aromatic rings. The van der Waals surface area contributed by atoms with E-state index in [0.717, 1.165) is 27.6 Å². The lowest BCUT2D eigenvalue weighted by Gasteiger charge is -2.37. The minimum absolute atomic E-state index is 0.167. The Balaban J connectivity index is 1.46. The minimum atomic E-state index is -0.420. The maximum Gasteiger partial charge on any atom is 0.336 e. The zero-order valence-electron chi connectivity index (χ0n) is 24.3. The molecule has 9 heteroatoms. The number of carbonyl (C=O) groups is 1. The van der Waals surface area contributed by atoms with Crippen LogP contribution in [0.4, 0.5) is 0 Å². The highest BCUT2D eigenvalue weighted by Crippen LogP contribution is 2.39. The highest BCUT2D eigenvalue weighted by Gasteiger charge is 2.32. The number of carbonyl (C=O) groups excluding carboxylic acids is 1. The highest BCUT2D eigenvalue weighted by molar-refractivity contribution is 5.92. The molecule has 218 valence electrons. The molecule has 0 saturated carbocycles. The predicted molar refractivity (Wildman–Crippen MR) is 159 cm³/mol. The Bertz CT molecular complexity index is 1710. The first-order valence-corrected chi connectivity index (χ1v) is 13.5. The molecule has 0 bridgehead atoms. The molecule has 1 atom stereocenters. The molecule has 0 N–H and O–H groups in total. The third-order valence-electron chi connectivity index (χ3n) is 7.44. The summed E-state index contributed by atoms with van der Waals surface area (Å²) in [6.45, 7) is 2.51. The number of hydrogen-bond acceptors (Lipinski definition) is 8. The van der Waals surface area contributed by atoms with Crippen molar-refractivity contribution in [3.05, 3.63) is 93.3 Å². The van der Waals surface area contributed by atoms with Gasteiger partial charge in [-0.3, -0.25) is 4.79 Å². The van der Waals surface area contributed by atoms with Crippen LogP contribution in [0, 0.1) is 6.92 Å². The highest BCUT2D eigenvalue weighted by atomic mass is 16.5. The molecule has 2 heterocycles. The lowest BCUT2D eigenvalue weighted by molar-refractivity contribution is -0.129. The lowest BCUT2D eigenvalue weighted by Crippen LogP contribution is -2.41. The van der Waals surface area contributed by atoms with Crippen molar-refractivity contribution in [2.24, 2.45) is 0 Å². The van der Waals surface area contributed by atoms with Crippen LogP contribution in [-0.4, -0.2) is 52.4 Å². The number of amides is 1. The molecular weight excluding hydrogens is 538 g/mol. The number of nitrogens with zero attached hydrogens (tertiary/aromatic N) is 1. The molecule has 1 aliphatic rings. The largest absolute Gasteiger partial charge is 0.493 e. The van der Waals surface area contributed by atoms with Gasteiger partial charge in [-0.25, -0.2) is 4.79 Å². The second-order valence-electron chi connectivity index (χ2n) is 9.87. The number of rotatable bonds is 9. The predicted octanol–water partition coefficient (Wildman–Crippen LogP) is 5.35. The van der Waals surface area contributed by atoms with E-state index in [1.807, 2.05) is 43.3 Å². The van der Waals surface area contributed by atoms with Gasteiger partial charge in [-0.05, 0) is 78.1 Å². The normalized spacial score (nSPS) is 14.5. The molecule has 42 heavy (non-hydrogen) atoms. The molecule has 5 rings (SSSR count). The van der Waals surface area contributed by atoms with Crippen molar-refractivity contribution in [2.75, 3.05) is 41.6 Å². The van der Waals surface area contributed by atoms with E-state index in [9.17, 15) is 9.59 Å². The van der Waals surface area contributed by atoms with Gasteiger partial charge in [-0.2, -0.15) is 0 Å². The standard InChI is InChI=1S/C33H33NO8/c1-20-14-33(36)42-28-17-23(8-9-24(20)28)41-19-26-25-18-31(40-5)30(39-4)16-22(25)12-13-34(26)32(35)11-7-21-6-10-27(37-2)29(15-21)38-3/h6-11,14-18,26H,12-13,19H2,1-5H3/b11-7+/t26-/m1/s1. The van der Waals surface area contributed by atoms with Crippen molar-refractivity contribution in [1.82, 2.24) is 4.90 Å². The number of methoxy groups -OCH3 is 4. The average Bonchev–Trinajstić information content (AvgIpc) is 3.01. The summed E-state index contributed by atoms with van der Waals surface area (Å²) in [4.78, 5) is 27.3. The van der Waals surface area contributed by atoms with Gasteiger partial charge in [0.15, 0.2) is 23.0 Å². The Morgan fingerprint density at radius 2 is 1.62 bits per heavy atom. The zero-order chi connectivity index (χ0) is 29.8. The topological polar surface area (TPSA) is 96.7 Å². The molecule has 0 unspecified atom stereocenters. The van der Waals surface area contributed by atoms with E-state index in [2.05, 4.69) is 0 Å². The summed E-state index contributed by atoms with van der Waals surface area (Å²) in [6, 6.07) is 15.8. The van der Waals surface area contributed by atoms with Crippen LogP contribution in [0.3, 0.4) is 0 Å². The Hall–Kier alpha value is -4.92. The van der Waals surface area contributed by atoms with Gasteiger partial charge >= 0.3 is 5.63 Å². The monoisotopic (exact) mass is 571 g/mol. The van der Waals surface area contributed by atoms with Crippen LogP contribution in [0.2, 0.25) is 0 Å². The quantitative estimate of drug-likeness (QED) is 0.196. The van der Waals surface area contributed by atoms with Gasteiger partial charge < -0.3 is 33.0 Å². The Labute approximate surface area is 243 Å². The van der Waals surface area contributed by atoms with E-state index in [-0.39, 0.29) is 12.5 Å². The maximum atomic E-state index is 13.6. The molecule has 1 aromatic heterocycles. The summed E-state index contributed by atoms with van der Waals surface area (Å²) >= 11 is 0. The smallest absolute Gasteiger partial charge is 0.336 e. The molecular formula is C33H33NO8. The summed E-state index contributed by atoms with van der Waals surface area (Å²) in [5, 5.41) is 0.832. The number of fused-ring (bicyclic) bond motifs is 2. The van der Waals surface area contributed by atoms with Gasteiger partial charge in [-0.1, -0.05) is 6.07 Å². The first-order valence-electron chi connectivity index (χ1n) is 13.5. The van der Waals surface area contributed by atoms with Crippen LogP contribution in [0.5, 0.6) is 28.7 Å². The molecule has 0 spiro atoms. The summed E-state index contributed by atoms with van der Waals surface area (Å²) in [6.07, 6.45) is 3.94. The van der Waals surface area contributed by atoms with Gasteiger partial charge in [0.25, 0.3) is 0 Å². The summed E-state index contributed by atoms with van der Waals surface area (Å²) < 4.78 is 33.4. The van der Waals surface area contributed by atoms with E-state index < -0.39 is 11.7 Å². The van der Waals surface area contributed by atoms with Gasteiger partial charge in [0.2, 0.25) is 5.91 Å². The molecule has 0 radical (unpaired) electrons.